The molecule has 164 valence electrons. The summed E-state index contributed by atoms with van der Waals surface area (Å²) in [6, 6.07) is 6.17. The second-order valence-electron chi connectivity index (χ2n) is 8.92. The summed E-state index contributed by atoms with van der Waals surface area (Å²) in [6.45, 7) is 9.25. The Kier molecular flexibility index (Phi) is 4.97. The van der Waals surface area contributed by atoms with Crippen LogP contribution in [0.3, 0.4) is 0 Å². The van der Waals surface area contributed by atoms with Crippen LogP contribution in [0.15, 0.2) is 36.9 Å². The van der Waals surface area contributed by atoms with Crippen molar-refractivity contribution in [1.82, 2.24) is 24.9 Å². The van der Waals surface area contributed by atoms with Crippen molar-refractivity contribution in [3.63, 3.8) is 0 Å². The van der Waals surface area contributed by atoms with Crippen LogP contribution in [-0.2, 0) is 4.74 Å². The molecule has 1 aromatic carbocycles. The lowest BCUT2D eigenvalue weighted by Crippen LogP contribution is -2.36. The molecule has 3 aromatic heterocycles. The number of hydrogen-bond donors (Lipinski definition) is 2. The third-order valence-electron chi connectivity index (χ3n) is 5.38. The van der Waals surface area contributed by atoms with Gasteiger partial charge in [0.25, 0.3) is 0 Å². The maximum atomic E-state index is 6.13. The summed E-state index contributed by atoms with van der Waals surface area (Å²) in [7, 11) is 0. The molecule has 0 saturated carbocycles. The Morgan fingerprint density at radius 1 is 1.00 bits per heavy atom. The topological polar surface area (TPSA) is 115 Å². The first-order valence-electron chi connectivity index (χ1n) is 10.7. The second-order valence-corrected chi connectivity index (χ2v) is 8.92. The highest BCUT2D eigenvalue weighted by atomic mass is 16.5. The number of rotatable bonds is 3. The quantitative estimate of drug-likeness (QED) is 0.505. The number of nitrogen functional groups attached to an aromatic ring is 1. The van der Waals surface area contributed by atoms with Gasteiger partial charge in [-0.2, -0.15) is 0 Å². The molecule has 1 aliphatic rings. The Hall–Kier alpha value is -3.59. The molecule has 0 radical (unpaired) electrons. The highest BCUT2D eigenvalue weighted by Gasteiger charge is 2.18. The molecule has 4 heterocycles. The minimum Gasteiger partial charge on any atom is -0.383 e. The molecule has 32 heavy (non-hydrogen) atoms. The number of hydrogen-bond acceptors (Lipinski definition) is 9. The number of pyridine rings is 1. The third-order valence-corrected chi connectivity index (χ3v) is 5.38. The fourth-order valence-corrected chi connectivity index (χ4v) is 3.88. The SMILES string of the molecule is CC(C)(C)Nc1ncc2c(N)ncc(-c3ccc4c(N5CCOCC5)ncnc4c3)c2n1. The van der Waals surface area contributed by atoms with Gasteiger partial charge in [-0.15, -0.1) is 0 Å². The Labute approximate surface area is 186 Å². The molecule has 0 bridgehead atoms. The van der Waals surface area contributed by atoms with Crippen LogP contribution in [0.1, 0.15) is 20.8 Å². The average molecular weight is 431 g/mol. The zero-order valence-electron chi connectivity index (χ0n) is 18.5. The van der Waals surface area contributed by atoms with E-state index in [0.717, 1.165) is 51.8 Å². The molecule has 4 aromatic rings. The van der Waals surface area contributed by atoms with Gasteiger partial charge in [-0.1, -0.05) is 6.07 Å². The first-order valence-corrected chi connectivity index (χ1v) is 10.7. The number of fused-ring (bicyclic) bond motifs is 2. The summed E-state index contributed by atoms with van der Waals surface area (Å²) in [5.41, 5.74) is 9.42. The lowest BCUT2D eigenvalue weighted by molar-refractivity contribution is 0.122. The van der Waals surface area contributed by atoms with Gasteiger partial charge in [0.05, 0.1) is 29.6 Å². The van der Waals surface area contributed by atoms with Crippen molar-refractivity contribution in [2.45, 2.75) is 26.3 Å². The Bertz CT molecular complexity index is 1290. The van der Waals surface area contributed by atoms with Crippen LogP contribution in [0.4, 0.5) is 17.6 Å². The minimum atomic E-state index is -0.165. The van der Waals surface area contributed by atoms with Gasteiger partial charge < -0.3 is 20.7 Å². The number of morpholine rings is 1. The van der Waals surface area contributed by atoms with E-state index in [0.29, 0.717) is 25.0 Å². The molecular formula is C23H26N8O. The van der Waals surface area contributed by atoms with E-state index in [4.69, 9.17) is 15.5 Å². The largest absolute Gasteiger partial charge is 0.383 e. The van der Waals surface area contributed by atoms with Crippen molar-refractivity contribution < 1.29 is 4.74 Å². The highest BCUT2D eigenvalue weighted by molar-refractivity contribution is 6.01. The first-order chi connectivity index (χ1) is 15.4. The van der Waals surface area contributed by atoms with E-state index in [1.54, 1.807) is 18.7 Å². The smallest absolute Gasteiger partial charge is 0.223 e. The summed E-state index contributed by atoms with van der Waals surface area (Å²) in [6.07, 6.45) is 5.10. The van der Waals surface area contributed by atoms with Crippen LogP contribution < -0.4 is 16.0 Å². The molecule has 0 amide bonds. The number of anilines is 3. The monoisotopic (exact) mass is 430 g/mol. The molecule has 0 atom stereocenters. The predicted molar refractivity (Wildman–Crippen MR) is 127 cm³/mol. The number of benzene rings is 1. The Morgan fingerprint density at radius 3 is 2.59 bits per heavy atom. The second kappa shape index (κ2) is 7.83. The van der Waals surface area contributed by atoms with Gasteiger partial charge in [0, 0.05) is 42.0 Å². The Balaban J connectivity index is 1.62. The van der Waals surface area contributed by atoms with Gasteiger partial charge in [0.1, 0.15) is 18.0 Å². The standard InChI is InChI=1S/C23H26N8O/c1-23(2,3)30-22-26-12-17-19(29-22)16(11-25-20(17)24)14-4-5-15-18(10-14)27-13-28-21(15)31-6-8-32-9-7-31/h4-5,10-13H,6-9H2,1-3H3,(H2,24,25)(H,26,29,30). The number of nitrogens with two attached hydrogens (primary N) is 1. The molecule has 0 spiro atoms. The van der Waals surface area contributed by atoms with Crippen molar-refractivity contribution in [2.75, 3.05) is 42.3 Å². The van der Waals surface area contributed by atoms with Gasteiger partial charge in [-0.05, 0) is 38.5 Å². The lowest BCUT2D eigenvalue weighted by atomic mass is 10.0. The van der Waals surface area contributed by atoms with Gasteiger partial charge in [0.2, 0.25) is 5.95 Å². The molecule has 9 heteroatoms. The maximum absolute atomic E-state index is 6.13. The number of aromatic nitrogens is 5. The van der Waals surface area contributed by atoms with Gasteiger partial charge in [-0.25, -0.2) is 24.9 Å². The van der Waals surface area contributed by atoms with Crippen LogP contribution in [0.2, 0.25) is 0 Å². The van der Waals surface area contributed by atoms with Gasteiger partial charge in [0.15, 0.2) is 0 Å². The zero-order valence-corrected chi connectivity index (χ0v) is 18.5. The number of nitrogens with one attached hydrogen (secondary N) is 1. The zero-order chi connectivity index (χ0) is 22.3. The van der Waals surface area contributed by atoms with E-state index >= 15 is 0 Å². The number of ether oxygens (including phenoxy) is 1. The van der Waals surface area contributed by atoms with Crippen molar-refractivity contribution in [2.24, 2.45) is 0 Å². The van der Waals surface area contributed by atoms with E-state index < -0.39 is 0 Å². The van der Waals surface area contributed by atoms with Crippen LogP contribution in [0, 0.1) is 0 Å². The van der Waals surface area contributed by atoms with Crippen LogP contribution in [-0.4, -0.2) is 56.8 Å². The predicted octanol–water partition coefficient (Wildman–Crippen LogP) is 3.26. The fourth-order valence-electron chi connectivity index (χ4n) is 3.88. The van der Waals surface area contributed by atoms with Crippen molar-refractivity contribution in [3.05, 3.63) is 36.9 Å². The van der Waals surface area contributed by atoms with E-state index in [2.05, 4.69) is 63.1 Å². The summed E-state index contributed by atoms with van der Waals surface area (Å²) in [5.74, 6) is 1.89. The number of nitrogens with zero attached hydrogens (tertiary/aromatic N) is 6. The maximum Gasteiger partial charge on any atom is 0.223 e. The molecular weight excluding hydrogens is 404 g/mol. The average Bonchev–Trinajstić information content (AvgIpc) is 2.78. The highest BCUT2D eigenvalue weighted by Crippen LogP contribution is 2.33. The molecule has 1 saturated heterocycles. The molecule has 3 N–H and O–H groups in total. The van der Waals surface area contributed by atoms with Crippen molar-refractivity contribution in [1.29, 1.82) is 0 Å². The third kappa shape index (κ3) is 3.87. The van der Waals surface area contributed by atoms with Crippen LogP contribution in [0.5, 0.6) is 0 Å². The molecule has 0 unspecified atom stereocenters. The molecule has 0 aliphatic carbocycles. The summed E-state index contributed by atoms with van der Waals surface area (Å²) in [5, 5.41) is 5.06. The van der Waals surface area contributed by atoms with E-state index in [1.807, 2.05) is 6.07 Å². The first kappa shape index (κ1) is 20.3. The summed E-state index contributed by atoms with van der Waals surface area (Å²) < 4.78 is 5.48. The fraction of sp³-hybridized carbons (Fsp3) is 0.348. The molecule has 9 nitrogen and oxygen atoms in total. The Morgan fingerprint density at radius 2 is 1.81 bits per heavy atom. The van der Waals surface area contributed by atoms with Crippen molar-refractivity contribution in [3.8, 4) is 11.1 Å². The molecule has 1 fully saturated rings. The van der Waals surface area contributed by atoms with Crippen molar-refractivity contribution >= 4 is 39.4 Å². The summed E-state index contributed by atoms with van der Waals surface area (Å²) >= 11 is 0. The lowest BCUT2D eigenvalue weighted by Gasteiger charge is -2.28. The minimum absolute atomic E-state index is 0.165. The van der Waals surface area contributed by atoms with E-state index in [9.17, 15) is 0 Å². The van der Waals surface area contributed by atoms with E-state index in [-0.39, 0.29) is 5.54 Å². The molecule has 1 aliphatic heterocycles. The van der Waals surface area contributed by atoms with E-state index in [1.165, 1.54) is 0 Å². The van der Waals surface area contributed by atoms with Crippen LogP contribution in [0.25, 0.3) is 32.9 Å². The summed E-state index contributed by atoms with van der Waals surface area (Å²) in [4.78, 5) is 24.9. The normalized spacial score (nSPS) is 14.8. The molecule has 5 rings (SSSR count). The van der Waals surface area contributed by atoms with Crippen LogP contribution >= 0.6 is 0 Å². The van der Waals surface area contributed by atoms with Gasteiger partial charge in [-0.3, -0.25) is 0 Å². The van der Waals surface area contributed by atoms with Gasteiger partial charge >= 0.3 is 0 Å².